The normalized spacial score (nSPS) is 27.4. The minimum absolute atomic E-state index is 0. The molecule has 0 aromatic carbocycles. The summed E-state index contributed by atoms with van der Waals surface area (Å²) in [5.74, 6) is 2.52. The summed E-state index contributed by atoms with van der Waals surface area (Å²) in [5, 5.41) is 7.09. The van der Waals surface area contributed by atoms with E-state index in [4.69, 9.17) is 4.99 Å². The van der Waals surface area contributed by atoms with Gasteiger partial charge in [0.15, 0.2) is 5.96 Å². The second kappa shape index (κ2) is 12.3. The summed E-state index contributed by atoms with van der Waals surface area (Å²) in [7, 11) is 2.21. The van der Waals surface area contributed by atoms with Gasteiger partial charge in [-0.3, -0.25) is 4.99 Å². The molecule has 6 heteroatoms. The maximum Gasteiger partial charge on any atom is 0.191 e. The Morgan fingerprint density at radius 2 is 1.76 bits per heavy atom. The first kappa shape index (κ1) is 23.0. The molecule has 1 unspecified atom stereocenters. The summed E-state index contributed by atoms with van der Waals surface area (Å²) in [4.78, 5) is 9.86. The molecule has 2 fully saturated rings. The monoisotopic (exact) mass is 465 g/mol. The molecule has 2 aliphatic rings. The van der Waals surface area contributed by atoms with Crippen molar-refractivity contribution in [1.82, 2.24) is 20.4 Å². The predicted octanol–water partition coefficient (Wildman–Crippen LogP) is 2.62. The van der Waals surface area contributed by atoms with E-state index >= 15 is 0 Å². The lowest BCUT2D eigenvalue weighted by Crippen LogP contribution is -2.46. The van der Waals surface area contributed by atoms with Crippen LogP contribution in [0.1, 0.15) is 46.5 Å². The second-order valence-corrected chi connectivity index (χ2v) is 8.03. The van der Waals surface area contributed by atoms with Gasteiger partial charge in [0.1, 0.15) is 0 Å². The van der Waals surface area contributed by atoms with E-state index in [1.165, 1.54) is 51.9 Å². The van der Waals surface area contributed by atoms with Crippen LogP contribution in [-0.4, -0.2) is 74.7 Å². The zero-order valence-electron chi connectivity index (χ0n) is 16.8. The standard InChI is InChI=1S/C19H39N5.HI/c1-5-20-19(22-18-8-6-16(2)7-9-18)21-14-17(3)15-24-12-10-23(4)11-13-24;/h16-18H,5-15H2,1-4H3,(H2,20,21,22);1H. The maximum atomic E-state index is 4.86. The summed E-state index contributed by atoms with van der Waals surface area (Å²) < 4.78 is 0. The Hall–Kier alpha value is -0.0800. The third kappa shape index (κ3) is 8.91. The number of likely N-dealkylation sites (N-methyl/N-ethyl adjacent to an activating group) is 1. The van der Waals surface area contributed by atoms with E-state index in [9.17, 15) is 0 Å². The Morgan fingerprint density at radius 1 is 1.12 bits per heavy atom. The van der Waals surface area contributed by atoms with Crippen LogP contribution in [-0.2, 0) is 0 Å². The number of hydrogen-bond donors (Lipinski definition) is 2. The summed E-state index contributed by atoms with van der Waals surface area (Å²) in [6.45, 7) is 14.6. The van der Waals surface area contributed by atoms with Gasteiger partial charge < -0.3 is 20.4 Å². The molecule has 25 heavy (non-hydrogen) atoms. The minimum atomic E-state index is 0. The van der Waals surface area contributed by atoms with Crippen molar-refractivity contribution in [3.63, 3.8) is 0 Å². The van der Waals surface area contributed by atoms with Gasteiger partial charge in [0, 0.05) is 51.9 Å². The highest BCUT2D eigenvalue weighted by Gasteiger charge is 2.19. The van der Waals surface area contributed by atoms with E-state index < -0.39 is 0 Å². The minimum Gasteiger partial charge on any atom is -0.357 e. The number of halogens is 1. The Labute approximate surface area is 172 Å². The quantitative estimate of drug-likeness (QED) is 0.360. The fourth-order valence-electron chi connectivity index (χ4n) is 3.69. The van der Waals surface area contributed by atoms with Gasteiger partial charge in [0.25, 0.3) is 0 Å². The Kier molecular flexibility index (Phi) is 11.3. The van der Waals surface area contributed by atoms with Gasteiger partial charge in [-0.1, -0.05) is 13.8 Å². The van der Waals surface area contributed by atoms with E-state index in [-0.39, 0.29) is 24.0 Å². The molecule has 0 aromatic heterocycles. The molecule has 0 spiro atoms. The fourth-order valence-corrected chi connectivity index (χ4v) is 3.69. The number of guanidine groups is 1. The van der Waals surface area contributed by atoms with Crippen molar-refractivity contribution in [2.75, 3.05) is 52.9 Å². The third-order valence-corrected chi connectivity index (χ3v) is 5.43. The van der Waals surface area contributed by atoms with Gasteiger partial charge in [0.2, 0.25) is 0 Å². The molecule has 0 aromatic rings. The number of rotatable bonds is 6. The van der Waals surface area contributed by atoms with Crippen molar-refractivity contribution < 1.29 is 0 Å². The molecule has 1 aliphatic heterocycles. The van der Waals surface area contributed by atoms with Crippen LogP contribution in [0, 0.1) is 11.8 Å². The lowest BCUT2D eigenvalue weighted by atomic mass is 9.87. The SMILES string of the molecule is CCNC(=NCC(C)CN1CCN(C)CC1)NC1CCC(C)CC1.I. The summed E-state index contributed by atoms with van der Waals surface area (Å²) in [6, 6.07) is 0.604. The van der Waals surface area contributed by atoms with Gasteiger partial charge in [-0.05, 0) is 51.5 Å². The van der Waals surface area contributed by atoms with Crippen LogP contribution < -0.4 is 10.6 Å². The highest BCUT2D eigenvalue weighted by molar-refractivity contribution is 14.0. The molecular formula is C19H40IN5. The lowest BCUT2D eigenvalue weighted by Gasteiger charge is -2.33. The first-order chi connectivity index (χ1) is 11.6. The van der Waals surface area contributed by atoms with Crippen molar-refractivity contribution in [2.24, 2.45) is 16.8 Å². The number of piperazine rings is 1. The zero-order valence-corrected chi connectivity index (χ0v) is 19.1. The van der Waals surface area contributed by atoms with Crippen molar-refractivity contribution >= 4 is 29.9 Å². The highest BCUT2D eigenvalue weighted by atomic mass is 127. The molecule has 148 valence electrons. The van der Waals surface area contributed by atoms with E-state index in [2.05, 4.69) is 48.3 Å². The molecule has 0 radical (unpaired) electrons. The molecule has 2 rings (SSSR count). The van der Waals surface area contributed by atoms with E-state index in [1.54, 1.807) is 0 Å². The van der Waals surface area contributed by atoms with Gasteiger partial charge in [-0.15, -0.1) is 24.0 Å². The molecule has 1 saturated carbocycles. The van der Waals surface area contributed by atoms with Crippen molar-refractivity contribution in [1.29, 1.82) is 0 Å². The molecule has 1 atom stereocenters. The Bertz CT molecular complexity index is 374. The summed E-state index contributed by atoms with van der Waals surface area (Å²) >= 11 is 0. The smallest absolute Gasteiger partial charge is 0.191 e. The molecule has 1 saturated heterocycles. The number of nitrogens with one attached hydrogen (secondary N) is 2. The van der Waals surface area contributed by atoms with Gasteiger partial charge in [-0.25, -0.2) is 0 Å². The van der Waals surface area contributed by atoms with Crippen LogP contribution in [0.25, 0.3) is 0 Å². The Morgan fingerprint density at radius 3 is 2.36 bits per heavy atom. The first-order valence-electron chi connectivity index (χ1n) is 10.0. The highest BCUT2D eigenvalue weighted by Crippen LogP contribution is 2.23. The number of hydrogen-bond acceptors (Lipinski definition) is 3. The predicted molar refractivity (Wildman–Crippen MR) is 119 cm³/mol. The fraction of sp³-hybridized carbons (Fsp3) is 0.947. The van der Waals surface area contributed by atoms with Crippen molar-refractivity contribution in [2.45, 2.75) is 52.5 Å². The molecule has 5 nitrogen and oxygen atoms in total. The van der Waals surface area contributed by atoms with Crippen LogP contribution >= 0.6 is 24.0 Å². The molecule has 0 amide bonds. The van der Waals surface area contributed by atoms with Crippen LogP contribution in [0.4, 0.5) is 0 Å². The van der Waals surface area contributed by atoms with Crippen LogP contribution in [0.3, 0.4) is 0 Å². The average molecular weight is 465 g/mol. The zero-order chi connectivity index (χ0) is 17.4. The lowest BCUT2D eigenvalue weighted by molar-refractivity contribution is 0.140. The van der Waals surface area contributed by atoms with E-state index in [0.29, 0.717) is 12.0 Å². The van der Waals surface area contributed by atoms with Gasteiger partial charge >= 0.3 is 0 Å². The van der Waals surface area contributed by atoms with Crippen LogP contribution in [0.5, 0.6) is 0 Å². The second-order valence-electron chi connectivity index (χ2n) is 8.03. The number of nitrogens with zero attached hydrogens (tertiary/aromatic N) is 3. The molecular weight excluding hydrogens is 425 g/mol. The molecule has 2 N–H and O–H groups in total. The van der Waals surface area contributed by atoms with Crippen molar-refractivity contribution in [3.05, 3.63) is 0 Å². The summed E-state index contributed by atoms with van der Waals surface area (Å²) in [5.41, 5.74) is 0. The topological polar surface area (TPSA) is 42.9 Å². The van der Waals surface area contributed by atoms with Crippen molar-refractivity contribution in [3.8, 4) is 0 Å². The van der Waals surface area contributed by atoms with E-state index in [1.807, 2.05) is 0 Å². The molecule has 1 aliphatic carbocycles. The average Bonchev–Trinajstić information content (AvgIpc) is 2.57. The molecule has 1 heterocycles. The van der Waals surface area contributed by atoms with Crippen LogP contribution in [0.2, 0.25) is 0 Å². The van der Waals surface area contributed by atoms with Gasteiger partial charge in [0.05, 0.1) is 0 Å². The first-order valence-corrected chi connectivity index (χ1v) is 10.0. The van der Waals surface area contributed by atoms with Crippen LogP contribution in [0.15, 0.2) is 4.99 Å². The van der Waals surface area contributed by atoms with E-state index in [0.717, 1.165) is 31.5 Å². The maximum absolute atomic E-state index is 4.86. The summed E-state index contributed by atoms with van der Waals surface area (Å²) in [6.07, 6.45) is 5.25. The Balaban J connectivity index is 0.00000312. The molecule has 0 bridgehead atoms. The van der Waals surface area contributed by atoms with Gasteiger partial charge in [-0.2, -0.15) is 0 Å². The largest absolute Gasteiger partial charge is 0.357 e. The third-order valence-electron chi connectivity index (χ3n) is 5.43. The number of aliphatic imine (C=N–C) groups is 1.